The van der Waals surface area contributed by atoms with Gasteiger partial charge in [0.05, 0.1) is 6.20 Å². The third-order valence-corrected chi connectivity index (χ3v) is 4.07. The van der Waals surface area contributed by atoms with Crippen LogP contribution in [0.1, 0.15) is 0 Å². The largest absolute Gasteiger partial charge is 0.483 e. The SMILES string of the molecule is CN(c1ccccc1)c1nc(N)nc(-c2noc(-c3ccc(OCC(F)(F)F)cn3)n2)n1. The number of aromatic nitrogens is 6. The van der Waals surface area contributed by atoms with Crippen LogP contribution in [0.15, 0.2) is 53.2 Å². The Morgan fingerprint density at radius 3 is 2.47 bits per heavy atom. The van der Waals surface area contributed by atoms with E-state index in [2.05, 4.69) is 34.8 Å². The zero-order valence-electron chi connectivity index (χ0n) is 16.5. The van der Waals surface area contributed by atoms with Gasteiger partial charge in [-0.3, -0.25) is 0 Å². The van der Waals surface area contributed by atoms with Gasteiger partial charge in [0.1, 0.15) is 11.4 Å². The molecular formula is C19H15F3N8O2. The smallest absolute Gasteiger partial charge is 0.422 e. The summed E-state index contributed by atoms with van der Waals surface area (Å²) in [6, 6.07) is 12.1. The van der Waals surface area contributed by atoms with Crippen molar-refractivity contribution in [3.63, 3.8) is 0 Å². The summed E-state index contributed by atoms with van der Waals surface area (Å²) in [5.74, 6) is 0.313. The fourth-order valence-electron chi connectivity index (χ4n) is 2.57. The first-order chi connectivity index (χ1) is 15.3. The molecule has 13 heteroatoms. The van der Waals surface area contributed by atoms with E-state index in [4.69, 9.17) is 10.3 Å². The summed E-state index contributed by atoms with van der Waals surface area (Å²) in [5, 5.41) is 3.84. The van der Waals surface area contributed by atoms with Crippen LogP contribution in [-0.4, -0.2) is 49.9 Å². The van der Waals surface area contributed by atoms with E-state index in [-0.39, 0.29) is 40.9 Å². The lowest BCUT2D eigenvalue weighted by Crippen LogP contribution is -2.19. The average Bonchev–Trinajstić information content (AvgIpc) is 3.28. The fourth-order valence-corrected chi connectivity index (χ4v) is 2.57. The van der Waals surface area contributed by atoms with E-state index in [1.54, 1.807) is 11.9 Å². The van der Waals surface area contributed by atoms with Crippen LogP contribution in [0.25, 0.3) is 23.2 Å². The molecule has 0 unspecified atom stereocenters. The molecule has 164 valence electrons. The number of halogens is 3. The van der Waals surface area contributed by atoms with Gasteiger partial charge in [0, 0.05) is 12.7 Å². The highest BCUT2D eigenvalue weighted by Gasteiger charge is 2.28. The molecule has 0 atom stereocenters. The molecule has 10 nitrogen and oxygen atoms in total. The van der Waals surface area contributed by atoms with E-state index < -0.39 is 12.8 Å². The molecule has 0 aliphatic heterocycles. The molecule has 0 saturated heterocycles. The van der Waals surface area contributed by atoms with E-state index in [1.165, 1.54) is 12.1 Å². The zero-order valence-corrected chi connectivity index (χ0v) is 16.5. The van der Waals surface area contributed by atoms with Crippen LogP contribution in [0, 0.1) is 0 Å². The monoisotopic (exact) mass is 444 g/mol. The summed E-state index contributed by atoms with van der Waals surface area (Å²) in [7, 11) is 1.77. The molecule has 32 heavy (non-hydrogen) atoms. The van der Waals surface area contributed by atoms with Crippen molar-refractivity contribution < 1.29 is 22.4 Å². The number of benzene rings is 1. The molecule has 1 aromatic carbocycles. The van der Waals surface area contributed by atoms with Crippen LogP contribution >= 0.6 is 0 Å². The van der Waals surface area contributed by atoms with Crippen molar-refractivity contribution in [1.29, 1.82) is 0 Å². The second-order valence-electron chi connectivity index (χ2n) is 6.42. The van der Waals surface area contributed by atoms with Crippen LogP contribution in [-0.2, 0) is 0 Å². The van der Waals surface area contributed by atoms with E-state index in [1.807, 2.05) is 30.3 Å². The maximum atomic E-state index is 12.2. The molecule has 0 saturated carbocycles. The van der Waals surface area contributed by atoms with Crippen molar-refractivity contribution in [2.75, 3.05) is 24.3 Å². The summed E-state index contributed by atoms with van der Waals surface area (Å²) in [6.07, 6.45) is -3.32. The first-order valence-corrected chi connectivity index (χ1v) is 9.09. The van der Waals surface area contributed by atoms with E-state index in [0.717, 1.165) is 11.9 Å². The quantitative estimate of drug-likeness (QED) is 0.473. The fraction of sp³-hybridized carbons (Fsp3) is 0.158. The Kier molecular flexibility index (Phi) is 5.54. The zero-order chi connectivity index (χ0) is 22.7. The number of hydrogen-bond acceptors (Lipinski definition) is 10. The predicted octanol–water partition coefficient (Wildman–Crippen LogP) is 3.27. The Labute approximate surface area is 178 Å². The van der Waals surface area contributed by atoms with Gasteiger partial charge in [0.2, 0.25) is 23.5 Å². The van der Waals surface area contributed by atoms with E-state index in [0.29, 0.717) is 0 Å². The first-order valence-electron chi connectivity index (χ1n) is 9.09. The molecule has 3 heterocycles. The summed E-state index contributed by atoms with van der Waals surface area (Å²) in [4.78, 5) is 22.4. The topological polar surface area (TPSA) is 129 Å². The summed E-state index contributed by atoms with van der Waals surface area (Å²) in [6.45, 7) is -1.42. The minimum atomic E-state index is -4.44. The summed E-state index contributed by atoms with van der Waals surface area (Å²) < 4.78 is 46.5. The third kappa shape index (κ3) is 4.88. The van der Waals surface area contributed by atoms with Crippen LogP contribution in [0.2, 0.25) is 0 Å². The molecule has 4 rings (SSSR count). The molecule has 0 amide bonds. The van der Waals surface area contributed by atoms with Gasteiger partial charge in [-0.1, -0.05) is 23.4 Å². The van der Waals surface area contributed by atoms with Gasteiger partial charge >= 0.3 is 6.18 Å². The van der Waals surface area contributed by atoms with Crippen LogP contribution in [0.4, 0.5) is 30.8 Å². The predicted molar refractivity (Wildman–Crippen MR) is 107 cm³/mol. The highest BCUT2D eigenvalue weighted by atomic mass is 19.4. The molecule has 0 bridgehead atoms. The van der Waals surface area contributed by atoms with Crippen LogP contribution < -0.4 is 15.4 Å². The van der Waals surface area contributed by atoms with Gasteiger partial charge in [0.15, 0.2) is 6.61 Å². The van der Waals surface area contributed by atoms with Gasteiger partial charge in [-0.15, -0.1) is 0 Å². The van der Waals surface area contributed by atoms with Gasteiger partial charge in [-0.05, 0) is 24.3 Å². The Morgan fingerprint density at radius 1 is 1.00 bits per heavy atom. The Morgan fingerprint density at radius 2 is 1.78 bits per heavy atom. The number of nitrogens with two attached hydrogens (primary N) is 1. The minimum absolute atomic E-state index is 0.0133. The van der Waals surface area contributed by atoms with Crippen molar-refractivity contribution in [2.24, 2.45) is 0 Å². The number of alkyl halides is 3. The summed E-state index contributed by atoms with van der Waals surface area (Å²) in [5.41, 5.74) is 6.88. The third-order valence-electron chi connectivity index (χ3n) is 4.07. The highest BCUT2D eigenvalue weighted by Crippen LogP contribution is 2.25. The standard InChI is InChI=1S/C19H15F3N8O2/c1-30(11-5-3-2-4-6-11)18-27-14(26-17(23)28-18)15-25-16(32-29-15)13-8-7-12(9-24-13)31-10-19(20,21)22/h2-9H,10H2,1H3,(H2,23,26,27,28). The molecule has 0 aliphatic rings. The average molecular weight is 444 g/mol. The maximum absolute atomic E-state index is 12.2. The molecular weight excluding hydrogens is 429 g/mol. The van der Waals surface area contributed by atoms with Crippen molar-refractivity contribution in [2.45, 2.75) is 6.18 Å². The number of nitrogens with zero attached hydrogens (tertiary/aromatic N) is 7. The maximum Gasteiger partial charge on any atom is 0.422 e. The number of para-hydroxylation sites is 1. The number of nitrogen functional groups attached to an aromatic ring is 1. The molecule has 2 N–H and O–H groups in total. The van der Waals surface area contributed by atoms with E-state index >= 15 is 0 Å². The molecule has 0 fully saturated rings. The first kappa shape index (κ1) is 21.0. The number of anilines is 3. The van der Waals surface area contributed by atoms with Gasteiger partial charge < -0.3 is 19.9 Å². The lowest BCUT2D eigenvalue weighted by Gasteiger charge is -2.17. The summed E-state index contributed by atoms with van der Waals surface area (Å²) >= 11 is 0. The number of pyridine rings is 1. The number of ether oxygens (including phenoxy) is 1. The second kappa shape index (κ2) is 8.45. The number of rotatable bonds is 6. The highest BCUT2D eigenvalue weighted by molar-refractivity contribution is 5.59. The van der Waals surface area contributed by atoms with Crippen molar-refractivity contribution in [3.05, 3.63) is 48.7 Å². The van der Waals surface area contributed by atoms with Crippen molar-refractivity contribution in [3.8, 4) is 29.0 Å². The van der Waals surface area contributed by atoms with Gasteiger partial charge in [0.25, 0.3) is 5.89 Å². The molecule has 4 aromatic rings. The molecule has 0 radical (unpaired) electrons. The lowest BCUT2D eigenvalue weighted by molar-refractivity contribution is -0.153. The van der Waals surface area contributed by atoms with Crippen LogP contribution in [0.5, 0.6) is 5.75 Å². The lowest BCUT2D eigenvalue weighted by atomic mass is 10.3. The Balaban J connectivity index is 1.55. The van der Waals surface area contributed by atoms with Crippen molar-refractivity contribution >= 4 is 17.6 Å². The second-order valence-corrected chi connectivity index (χ2v) is 6.42. The molecule has 0 spiro atoms. The van der Waals surface area contributed by atoms with Crippen molar-refractivity contribution in [1.82, 2.24) is 30.1 Å². The van der Waals surface area contributed by atoms with Gasteiger partial charge in [-0.2, -0.15) is 33.1 Å². The van der Waals surface area contributed by atoms with E-state index in [9.17, 15) is 13.2 Å². The number of hydrogen-bond donors (Lipinski definition) is 1. The normalized spacial score (nSPS) is 11.4. The molecule has 0 aliphatic carbocycles. The minimum Gasteiger partial charge on any atom is -0.483 e. The van der Waals surface area contributed by atoms with Crippen LogP contribution in [0.3, 0.4) is 0 Å². The Bertz CT molecular complexity index is 1200. The van der Waals surface area contributed by atoms with Gasteiger partial charge in [-0.25, -0.2) is 4.98 Å². The molecule has 3 aromatic heterocycles. The Hall–Kier alpha value is -4.29.